The van der Waals surface area contributed by atoms with Crippen LogP contribution in [0.3, 0.4) is 0 Å². The van der Waals surface area contributed by atoms with Gasteiger partial charge in [-0.1, -0.05) is 6.07 Å². The summed E-state index contributed by atoms with van der Waals surface area (Å²) >= 11 is 0. The van der Waals surface area contributed by atoms with Crippen molar-refractivity contribution in [2.45, 2.75) is 24.7 Å². The number of fused-ring (bicyclic) bond motifs is 3. The van der Waals surface area contributed by atoms with Gasteiger partial charge in [0.05, 0.1) is 24.6 Å². The smallest absolute Gasteiger partial charge is 0.272 e. The van der Waals surface area contributed by atoms with Crippen molar-refractivity contribution in [3.8, 4) is 11.6 Å². The summed E-state index contributed by atoms with van der Waals surface area (Å²) in [5.74, 6) is 1.57. The van der Waals surface area contributed by atoms with Gasteiger partial charge in [0.25, 0.3) is 5.91 Å². The lowest BCUT2D eigenvalue weighted by molar-refractivity contribution is -0.118. The molecular formula is C28H28N6O4. The molecule has 0 unspecified atom stereocenters. The van der Waals surface area contributed by atoms with Gasteiger partial charge in [-0.3, -0.25) is 14.7 Å². The van der Waals surface area contributed by atoms with Gasteiger partial charge in [-0.25, -0.2) is 4.98 Å². The van der Waals surface area contributed by atoms with Crippen molar-refractivity contribution in [3.63, 3.8) is 0 Å². The Hall–Kier alpha value is -4.60. The van der Waals surface area contributed by atoms with E-state index in [-0.39, 0.29) is 17.7 Å². The highest BCUT2D eigenvalue weighted by Crippen LogP contribution is 2.65. The van der Waals surface area contributed by atoms with Gasteiger partial charge in [-0.2, -0.15) is 5.10 Å². The highest BCUT2D eigenvalue weighted by molar-refractivity contribution is 6.10. The summed E-state index contributed by atoms with van der Waals surface area (Å²) in [5, 5.41) is 14.8. The van der Waals surface area contributed by atoms with Crippen molar-refractivity contribution < 1.29 is 19.1 Å². The van der Waals surface area contributed by atoms with Gasteiger partial charge in [-0.15, -0.1) is 0 Å². The first kappa shape index (κ1) is 23.8. The number of methoxy groups -OCH3 is 1. The van der Waals surface area contributed by atoms with Crippen LogP contribution in [0.15, 0.2) is 48.5 Å². The minimum atomic E-state index is -0.567. The maximum absolute atomic E-state index is 13.0. The first-order chi connectivity index (χ1) is 18.3. The van der Waals surface area contributed by atoms with Crippen molar-refractivity contribution in [3.05, 3.63) is 65.4 Å². The average Bonchev–Trinajstić information content (AvgIpc) is 3.47. The Kier molecular flexibility index (Phi) is 5.48. The lowest BCUT2D eigenvalue weighted by Crippen LogP contribution is -2.23. The van der Waals surface area contributed by atoms with Crippen LogP contribution in [-0.2, 0) is 10.2 Å². The maximum Gasteiger partial charge on any atom is 0.272 e. The molecule has 1 spiro atoms. The highest BCUT2D eigenvalue weighted by Gasteiger charge is 2.65. The third-order valence-electron chi connectivity index (χ3n) is 7.33. The Bertz CT molecular complexity index is 1600. The van der Waals surface area contributed by atoms with Gasteiger partial charge in [0, 0.05) is 31.1 Å². The van der Waals surface area contributed by atoms with Gasteiger partial charge < -0.3 is 25.0 Å². The number of pyridine rings is 1. The molecule has 0 saturated heterocycles. The molecule has 6 rings (SSSR count). The second kappa shape index (κ2) is 8.76. The van der Waals surface area contributed by atoms with Crippen molar-refractivity contribution in [1.82, 2.24) is 20.1 Å². The average molecular weight is 513 g/mol. The van der Waals surface area contributed by atoms with E-state index in [1.165, 1.54) is 4.90 Å². The van der Waals surface area contributed by atoms with Crippen LogP contribution in [0.2, 0.25) is 0 Å². The molecule has 10 nitrogen and oxygen atoms in total. The molecule has 2 atom stereocenters. The molecule has 194 valence electrons. The molecule has 0 radical (unpaired) electrons. The van der Waals surface area contributed by atoms with Crippen LogP contribution in [-0.4, -0.2) is 59.7 Å². The van der Waals surface area contributed by atoms with Crippen molar-refractivity contribution in [2.75, 3.05) is 38.4 Å². The molecule has 1 aliphatic heterocycles. The number of aromatic amines is 1. The summed E-state index contributed by atoms with van der Waals surface area (Å²) in [5.41, 5.74) is 4.10. The Morgan fingerprint density at radius 2 is 2.03 bits per heavy atom. The van der Waals surface area contributed by atoms with Crippen molar-refractivity contribution >= 4 is 39.9 Å². The maximum atomic E-state index is 13.0. The SMILES string of the molecule is CCOc1nc(C(=O)N(C)C)ccc1Nc1n[nH]c2cc([C@@H]3C[C@@]34C(=O)Nc3ccc(OC)cc34)ccc12. The highest BCUT2D eigenvalue weighted by atomic mass is 16.5. The number of hydrogen-bond acceptors (Lipinski definition) is 7. The normalized spacial score (nSPS) is 19.3. The van der Waals surface area contributed by atoms with Crippen LogP contribution in [0.5, 0.6) is 11.6 Å². The minimum absolute atomic E-state index is 0.0324. The van der Waals surface area contributed by atoms with E-state index in [1.807, 2.05) is 31.2 Å². The van der Waals surface area contributed by atoms with Crippen LogP contribution in [0.1, 0.15) is 40.9 Å². The lowest BCUT2D eigenvalue weighted by atomic mass is 9.91. The molecule has 3 heterocycles. The number of carbonyl (C=O) groups excluding carboxylic acids is 2. The van der Waals surface area contributed by atoms with Crippen molar-refractivity contribution in [2.24, 2.45) is 0 Å². The Labute approximate surface area is 219 Å². The predicted molar refractivity (Wildman–Crippen MR) is 143 cm³/mol. The number of amides is 2. The first-order valence-corrected chi connectivity index (χ1v) is 12.5. The zero-order valence-corrected chi connectivity index (χ0v) is 21.6. The van der Waals surface area contributed by atoms with E-state index >= 15 is 0 Å². The summed E-state index contributed by atoms with van der Waals surface area (Å²) in [6.45, 7) is 2.26. The molecule has 1 fully saturated rings. The van der Waals surface area contributed by atoms with E-state index in [0.717, 1.165) is 39.9 Å². The zero-order valence-electron chi connectivity index (χ0n) is 21.6. The molecule has 0 bridgehead atoms. The van der Waals surface area contributed by atoms with E-state index in [4.69, 9.17) is 9.47 Å². The number of rotatable bonds is 7. The molecule has 38 heavy (non-hydrogen) atoms. The van der Waals surface area contributed by atoms with E-state index < -0.39 is 5.41 Å². The second-order valence-electron chi connectivity index (χ2n) is 9.78. The number of H-pyrrole nitrogens is 1. The molecule has 3 N–H and O–H groups in total. The largest absolute Gasteiger partial charge is 0.497 e. The molecule has 2 aromatic carbocycles. The third kappa shape index (κ3) is 3.63. The number of anilines is 3. The topological polar surface area (TPSA) is 121 Å². The van der Waals surface area contributed by atoms with E-state index in [0.29, 0.717) is 29.7 Å². The fourth-order valence-corrected chi connectivity index (χ4v) is 5.31. The minimum Gasteiger partial charge on any atom is -0.497 e. The van der Waals surface area contributed by atoms with Gasteiger partial charge >= 0.3 is 0 Å². The Balaban J connectivity index is 1.28. The second-order valence-corrected chi connectivity index (χ2v) is 9.78. The summed E-state index contributed by atoms with van der Waals surface area (Å²) in [7, 11) is 4.99. The van der Waals surface area contributed by atoms with Crippen LogP contribution in [0, 0.1) is 0 Å². The Morgan fingerprint density at radius 3 is 2.79 bits per heavy atom. The Morgan fingerprint density at radius 1 is 1.18 bits per heavy atom. The monoisotopic (exact) mass is 512 g/mol. The summed E-state index contributed by atoms with van der Waals surface area (Å²) in [6.07, 6.45) is 0.741. The fraction of sp³-hybridized carbons (Fsp3) is 0.286. The zero-order chi connectivity index (χ0) is 26.6. The molecule has 1 saturated carbocycles. The number of ether oxygens (including phenoxy) is 2. The summed E-state index contributed by atoms with van der Waals surface area (Å²) in [6, 6.07) is 15.3. The molecule has 10 heteroatoms. The van der Waals surface area contributed by atoms with E-state index in [2.05, 4.69) is 37.9 Å². The molecule has 2 amide bonds. The quantitative estimate of drug-likeness (QED) is 0.339. The van der Waals surface area contributed by atoms with Crippen LogP contribution >= 0.6 is 0 Å². The molecule has 4 aromatic rings. The van der Waals surface area contributed by atoms with E-state index in [9.17, 15) is 9.59 Å². The van der Waals surface area contributed by atoms with Gasteiger partial charge in [0.15, 0.2) is 5.82 Å². The number of benzene rings is 2. The van der Waals surface area contributed by atoms with Gasteiger partial charge in [0.2, 0.25) is 11.8 Å². The molecular weight excluding hydrogens is 484 g/mol. The van der Waals surface area contributed by atoms with Gasteiger partial charge in [0.1, 0.15) is 17.1 Å². The van der Waals surface area contributed by atoms with Crippen LogP contribution < -0.4 is 20.1 Å². The van der Waals surface area contributed by atoms with Gasteiger partial charge in [-0.05, 0) is 66.9 Å². The van der Waals surface area contributed by atoms with Crippen molar-refractivity contribution in [1.29, 1.82) is 0 Å². The van der Waals surface area contributed by atoms with Crippen LogP contribution in [0.25, 0.3) is 10.9 Å². The lowest BCUT2D eigenvalue weighted by Gasteiger charge is -2.14. The summed E-state index contributed by atoms with van der Waals surface area (Å²) < 4.78 is 11.1. The molecule has 2 aliphatic rings. The first-order valence-electron chi connectivity index (χ1n) is 12.5. The molecule has 2 aromatic heterocycles. The third-order valence-corrected chi connectivity index (χ3v) is 7.33. The summed E-state index contributed by atoms with van der Waals surface area (Å²) in [4.78, 5) is 31.3. The number of nitrogens with one attached hydrogen (secondary N) is 3. The predicted octanol–water partition coefficient (Wildman–Crippen LogP) is 4.19. The fourth-order valence-electron chi connectivity index (χ4n) is 5.31. The van der Waals surface area contributed by atoms with E-state index in [1.54, 1.807) is 33.3 Å². The molecule has 1 aliphatic carbocycles. The number of carbonyl (C=O) groups is 2. The number of aromatic nitrogens is 3. The standard InChI is InChI=1S/C28H28N6O4/c1-5-38-25-21(10-11-22(30-25)26(35)34(2)3)29-24-17-8-6-15(12-23(17)32-33-24)19-14-28(19)18-13-16(37-4)7-9-20(18)31-27(28)36/h6-13,19H,5,14H2,1-4H3,(H,31,36)(H2,29,32,33)/t19-,28-/m0/s1. The number of nitrogens with zero attached hydrogens (tertiary/aromatic N) is 3. The van der Waals surface area contributed by atoms with Crippen LogP contribution in [0.4, 0.5) is 17.2 Å². The number of hydrogen-bond donors (Lipinski definition) is 3.